The molecule has 0 atom stereocenters. The minimum Gasteiger partial charge on any atom is -0.340 e. The highest BCUT2D eigenvalue weighted by Gasteiger charge is 2.18. The van der Waals surface area contributed by atoms with E-state index in [1.54, 1.807) is 19.2 Å². The highest BCUT2D eigenvalue weighted by molar-refractivity contribution is 9.10. The average Bonchev–Trinajstić information content (AvgIpc) is 2.45. The highest BCUT2D eigenvalue weighted by Crippen LogP contribution is 2.13. The number of nitrogens with zero attached hydrogens (tertiary/aromatic N) is 3. The molecule has 1 N–H and O–H groups in total. The van der Waals surface area contributed by atoms with Gasteiger partial charge < -0.3 is 10.2 Å². The third-order valence-corrected chi connectivity index (χ3v) is 3.96. The molecule has 0 bridgehead atoms. The highest BCUT2D eigenvalue weighted by atomic mass is 79.9. The van der Waals surface area contributed by atoms with Gasteiger partial charge in [0.05, 0.1) is 0 Å². The van der Waals surface area contributed by atoms with E-state index in [1.807, 2.05) is 11.0 Å². The largest absolute Gasteiger partial charge is 0.340 e. The Bertz CT molecular complexity index is 515. The Morgan fingerprint density at radius 1 is 1.33 bits per heavy atom. The second-order valence-electron chi connectivity index (χ2n) is 5.01. The fourth-order valence-electron chi connectivity index (χ4n) is 2.22. The summed E-state index contributed by atoms with van der Waals surface area (Å²) in [6.07, 6.45) is 2.06. The minimum absolute atomic E-state index is 0.0467. The summed E-state index contributed by atoms with van der Waals surface area (Å²) in [5, 5.41) is 2.78. The van der Waals surface area contributed by atoms with Crippen molar-refractivity contribution in [3.63, 3.8) is 0 Å². The van der Waals surface area contributed by atoms with Gasteiger partial charge in [-0.05, 0) is 12.1 Å². The van der Waals surface area contributed by atoms with Crippen LogP contribution in [0.2, 0.25) is 0 Å². The summed E-state index contributed by atoms with van der Waals surface area (Å²) in [5.41, 5.74) is 0. The van der Waals surface area contributed by atoms with Gasteiger partial charge in [0.25, 0.3) is 0 Å². The fourth-order valence-corrected chi connectivity index (χ4v) is 2.56. The molecule has 7 heteroatoms. The third kappa shape index (κ3) is 5.09. The number of amides is 2. The molecule has 2 amide bonds. The van der Waals surface area contributed by atoms with E-state index in [0.717, 1.165) is 30.7 Å². The number of carbonyl (C=O) groups is 2. The summed E-state index contributed by atoms with van der Waals surface area (Å²) in [6.45, 7) is 5.41. The zero-order chi connectivity index (χ0) is 15.2. The lowest BCUT2D eigenvalue weighted by Crippen LogP contribution is -2.48. The molecule has 0 saturated carbocycles. The normalized spacial score (nSPS) is 15.8. The van der Waals surface area contributed by atoms with Gasteiger partial charge in [-0.3, -0.25) is 14.5 Å². The summed E-state index contributed by atoms with van der Waals surface area (Å²) in [7, 11) is 0. The number of nitrogens with one attached hydrogen (secondary N) is 1. The zero-order valence-electron chi connectivity index (χ0n) is 12.0. The van der Waals surface area contributed by atoms with Crippen molar-refractivity contribution in [2.24, 2.45) is 0 Å². The predicted octanol–water partition coefficient (Wildman–Crippen LogP) is 1.34. The maximum atomic E-state index is 11.9. The van der Waals surface area contributed by atoms with E-state index in [2.05, 4.69) is 31.1 Å². The Labute approximate surface area is 132 Å². The smallest absolute Gasteiger partial charge is 0.226 e. The molecule has 1 saturated heterocycles. The van der Waals surface area contributed by atoms with Crippen molar-refractivity contribution in [2.75, 3.05) is 38.0 Å². The number of anilines is 1. The molecule has 0 aliphatic carbocycles. The summed E-state index contributed by atoms with van der Waals surface area (Å²) in [6, 6.07) is 3.58. The first-order valence-corrected chi connectivity index (χ1v) is 7.73. The van der Waals surface area contributed by atoms with Crippen LogP contribution in [0.5, 0.6) is 0 Å². The lowest BCUT2D eigenvalue weighted by molar-refractivity contribution is -0.130. The third-order valence-electron chi connectivity index (χ3n) is 3.46. The molecule has 1 aliphatic heterocycles. The molecule has 114 valence electrons. The summed E-state index contributed by atoms with van der Waals surface area (Å²) in [4.78, 5) is 31.2. The van der Waals surface area contributed by atoms with Crippen LogP contribution in [0.4, 0.5) is 5.82 Å². The maximum Gasteiger partial charge on any atom is 0.226 e. The van der Waals surface area contributed by atoms with Gasteiger partial charge in [-0.15, -0.1) is 0 Å². The number of carbonyl (C=O) groups excluding carboxylic acids is 2. The van der Waals surface area contributed by atoms with Crippen LogP contribution in [0.1, 0.15) is 13.3 Å². The van der Waals surface area contributed by atoms with Crippen molar-refractivity contribution < 1.29 is 9.59 Å². The molecule has 1 aliphatic rings. The zero-order valence-corrected chi connectivity index (χ0v) is 13.6. The van der Waals surface area contributed by atoms with E-state index in [4.69, 9.17) is 0 Å². The quantitative estimate of drug-likeness (QED) is 0.885. The molecule has 1 fully saturated rings. The Hall–Kier alpha value is -1.47. The molecule has 1 aromatic heterocycles. The van der Waals surface area contributed by atoms with Crippen LogP contribution < -0.4 is 5.32 Å². The number of halogens is 1. The number of pyridine rings is 1. The molecule has 6 nitrogen and oxygen atoms in total. The van der Waals surface area contributed by atoms with Gasteiger partial charge in [0.1, 0.15) is 5.82 Å². The SMILES string of the molecule is CC(=O)N1CCN(CCC(=O)Nc2cc(Br)ccn2)CC1. The number of aromatic nitrogens is 1. The molecule has 0 aromatic carbocycles. The van der Waals surface area contributed by atoms with E-state index in [-0.39, 0.29) is 11.8 Å². The van der Waals surface area contributed by atoms with Crippen LogP contribution in [0, 0.1) is 0 Å². The topological polar surface area (TPSA) is 65.5 Å². The van der Waals surface area contributed by atoms with Crippen LogP contribution >= 0.6 is 15.9 Å². The molecule has 2 heterocycles. The first-order chi connectivity index (χ1) is 10.0. The van der Waals surface area contributed by atoms with Crippen molar-refractivity contribution in [3.8, 4) is 0 Å². The summed E-state index contributed by atoms with van der Waals surface area (Å²) < 4.78 is 0.883. The van der Waals surface area contributed by atoms with Crippen LogP contribution in [-0.4, -0.2) is 59.3 Å². The van der Waals surface area contributed by atoms with E-state index in [1.165, 1.54) is 0 Å². The van der Waals surface area contributed by atoms with Gasteiger partial charge >= 0.3 is 0 Å². The Kier molecular flexibility index (Phi) is 5.69. The number of rotatable bonds is 4. The van der Waals surface area contributed by atoms with Crippen LogP contribution in [-0.2, 0) is 9.59 Å². The van der Waals surface area contributed by atoms with Crippen molar-refractivity contribution in [2.45, 2.75) is 13.3 Å². The second-order valence-corrected chi connectivity index (χ2v) is 5.92. The van der Waals surface area contributed by atoms with Crippen molar-refractivity contribution in [1.29, 1.82) is 0 Å². The van der Waals surface area contributed by atoms with E-state index in [9.17, 15) is 9.59 Å². The molecule has 1 aromatic rings. The number of hydrogen-bond donors (Lipinski definition) is 1. The van der Waals surface area contributed by atoms with Gasteiger partial charge in [0.2, 0.25) is 11.8 Å². The van der Waals surface area contributed by atoms with Crippen molar-refractivity contribution in [3.05, 3.63) is 22.8 Å². The van der Waals surface area contributed by atoms with E-state index >= 15 is 0 Å². The number of piperazine rings is 1. The lowest BCUT2D eigenvalue weighted by atomic mass is 10.3. The van der Waals surface area contributed by atoms with Crippen molar-refractivity contribution in [1.82, 2.24) is 14.8 Å². The fraction of sp³-hybridized carbons (Fsp3) is 0.500. The monoisotopic (exact) mass is 354 g/mol. The van der Waals surface area contributed by atoms with Gasteiger partial charge in [-0.2, -0.15) is 0 Å². The molecule has 0 unspecified atom stereocenters. The molecule has 0 radical (unpaired) electrons. The van der Waals surface area contributed by atoms with Gasteiger partial charge in [-0.25, -0.2) is 4.98 Å². The summed E-state index contributed by atoms with van der Waals surface area (Å²) in [5.74, 6) is 0.624. The maximum absolute atomic E-state index is 11.9. The first kappa shape index (κ1) is 15.9. The van der Waals surface area contributed by atoms with Gasteiger partial charge in [0, 0.05) is 56.7 Å². The van der Waals surface area contributed by atoms with Gasteiger partial charge in [0.15, 0.2) is 0 Å². The van der Waals surface area contributed by atoms with E-state index < -0.39 is 0 Å². The number of hydrogen-bond acceptors (Lipinski definition) is 4. The average molecular weight is 355 g/mol. The van der Waals surface area contributed by atoms with E-state index in [0.29, 0.717) is 18.8 Å². The van der Waals surface area contributed by atoms with Crippen LogP contribution in [0.25, 0.3) is 0 Å². The molecular formula is C14H19BrN4O2. The second kappa shape index (κ2) is 7.51. The summed E-state index contributed by atoms with van der Waals surface area (Å²) >= 11 is 3.34. The Morgan fingerprint density at radius 2 is 2.05 bits per heavy atom. The van der Waals surface area contributed by atoms with Crippen LogP contribution in [0.15, 0.2) is 22.8 Å². The molecule has 21 heavy (non-hydrogen) atoms. The Balaban J connectivity index is 1.71. The molecule has 2 rings (SSSR count). The first-order valence-electron chi connectivity index (χ1n) is 6.94. The molecule has 0 spiro atoms. The lowest BCUT2D eigenvalue weighted by Gasteiger charge is -2.33. The molecular weight excluding hydrogens is 336 g/mol. The predicted molar refractivity (Wildman–Crippen MR) is 83.9 cm³/mol. The van der Waals surface area contributed by atoms with Gasteiger partial charge in [-0.1, -0.05) is 15.9 Å². The minimum atomic E-state index is -0.0467. The van der Waals surface area contributed by atoms with Crippen molar-refractivity contribution >= 4 is 33.6 Å². The van der Waals surface area contributed by atoms with Crippen LogP contribution in [0.3, 0.4) is 0 Å². The Morgan fingerprint density at radius 3 is 2.67 bits per heavy atom. The standard InChI is InChI=1S/C14H19BrN4O2/c1-11(20)19-8-6-18(7-9-19)5-3-14(21)17-13-10-12(15)2-4-16-13/h2,4,10H,3,5-9H2,1H3,(H,16,17,21).